The maximum Gasteiger partial charge on any atom is 0.329 e. The van der Waals surface area contributed by atoms with Crippen LogP contribution >= 0.6 is 0 Å². The molecule has 0 saturated heterocycles. The van der Waals surface area contributed by atoms with Crippen LogP contribution in [-0.4, -0.2) is 11.1 Å². The van der Waals surface area contributed by atoms with Gasteiger partial charge in [-0.15, -0.1) is 0 Å². The Morgan fingerprint density at radius 1 is 0.800 bits per heavy atom. The fourth-order valence-electron chi connectivity index (χ4n) is 3.10. The maximum atomic E-state index is 10.6. The van der Waals surface area contributed by atoms with E-state index >= 15 is 0 Å². The number of aliphatic carboxylic acids is 1. The number of allylic oxidation sites excluding steroid dienone is 1. The lowest BCUT2D eigenvalue weighted by Crippen LogP contribution is -1.91. The fraction of sp³-hybridized carbons (Fsp3) is 0.0385. The molecule has 0 saturated carbocycles. The van der Waals surface area contributed by atoms with Crippen LogP contribution in [0.4, 0.5) is 0 Å². The quantitative estimate of drug-likeness (QED) is 0.357. The number of carboxylic acids is 1. The van der Waals surface area contributed by atoms with E-state index in [4.69, 9.17) is 15.6 Å². The summed E-state index contributed by atoms with van der Waals surface area (Å²) in [6, 6.07) is 31.5. The van der Waals surface area contributed by atoms with Gasteiger partial charge >= 0.3 is 5.97 Å². The highest BCUT2D eigenvalue weighted by Crippen LogP contribution is 2.20. The number of fused-ring (bicyclic) bond motifs is 2. The predicted octanol–water partition coefficient (Wildman–Crippen LogP) is 5.74. The molecule has 0 radical (unpaired) electrons. The maximum absolute atomic E-state index is 10.6. The first-order chi connectivity index (χ1) is 14.6. The number of rotatable bonds is 3. The number of nitrogens with zero attached hydrogens (tertiary/aromatic N) is 2. The molecule has 0 aromatic heterocycles. The number of benzene rings is 4. The second-order valence-corrected chi connectivity index (χ2v) is 6.59. The minimum absolute atomic E-state index is 0.156. The van der Waals surface area contributed by atoms with Crippen molar-refractivity contribution in [2.45, 2.75) is 6.42 Å². The van der Waals surface area contributed by atoms with Crippen molar-refractivity contribution in [1.82, 2.24) is 0 Å². The van der Waals surface area contributed by atoms with Crippen molar-refractivity contribution in [2.24, 2.45) is 0 Å². The molecule has 0 unspecified atom stereocenters. The van der Waals surface area contributed by atoms with Crippen molar-refractivity contribution in [3.63, 3.8) is 0 Å². The third-order valence-electron chi connectivity index (χ3n) is 4.55. The minimum atomic E-state index is -1.12. The molecule has 4 heteroatoms. The number of hydrogen-bond acceptors (Lipinski definition) is 3. The molecule has 0 atom stereocenters. The van der Waals surface area contributed by atoms with Gasteiger partial charge in [-0.1, -0.05) is 78.9 Å². The van der Waals surface area contributed by atoms with Crippen LogP contribution in [0.25, 0.3) is 27.1 Å². The van der Waals surface area contributed by atoms with Gasteiger partial charge in [-0.2, -0.15) is 10.5 Å². The van der Waals surface area contributed by atoms with Gasteiger partial charge in [-0.05, 0) is 38.7 Å². The Kier molecular flexibility index (Phi) is 6.56. The van der Waals surface area contributed by atoms with Gasteiger partial charge in [-0.3, -0.25) is 0 Å². The molecule has 4 aromatic carbocycles. The van der Waals surface area contributed by atoms with Crippen molar-refractivity contribution >= 4 is 33.1 Å². The molecule has 0 aliphatic carbocycles. The molecule has 30 heavy (non-hydrogen) atoms. The van der Waals surface area contributed by atoms with Crippen molar-refractivity contribution in [1.29, 1.82) is 10.5 Å². The summed E-state index contributed by atoms with van der Waals surface area (Å²) in [6.45, 7) is 0. The number of nitriles is 2. The lowest BCUT2D eigenvalue weighted by atomic mass is 10.0. The third kappa shape index (κ3) is 5.10. The lowest BCUT2D eigenvalue weighted by molar-refractivity contribution is -0.131. The van der Waals surface area contributed by atoms with Gasteiger partial charge in [0.05, 0.1) is 18.1 Å². The topological polar surface area (TPSA) is 84.9 Å². The van der Waals surface area contributed by atoms with Gasteiger partial charge in [0.15, 0.2) is 0 Å². The summed E-state index contributed by atoms with van der Waals surface area (Å²) in [7, 11) is 0. The Bertz CT molecular complexity index is 1320. The number of hydrogen-bond donors (Lipinski definition) is 1. The summed E-state index contributed by atoms with van der Waals surface area (Å²) in [5.41, 5.74) is 1.86. The summed E-state index contributed by atoms with van der Waals surface area (Å²) in [5.74, 6) is -1.12. The van der Waals surface area contributed by atoms with E-state index in [1.54, 1.807) is 6.07 Å². The average Bonchev–Trinajstić information content (AvgIpc) is 2.77. The molecule has 4 nitrogen and oxygen atoms in total. The Hall–Kier alpha value is -4.41. The summed E-state index contributed by atoms with van der Waals surface area (Å²) in [5, 5.41) is 30.6. The van der Waals surface area contributed by atoms with Gasteiger partial charge < -0.3 is 5.11 Å². The Morgan fingerprint density at radius 3 is 1.93 bits per heavy atom. The molecule has 1 N–H and O–H groups in total. The fourth-order valence-corrected chi connectivity index (χ4v) is 3.10. The zero-order chi connectivity index (χ0) is 21.3. The first kappa shape index (κ1) is 20.3. The van der Waals surface area contributed by atoms with E-state index in [2.05, 4.69) is 30.3 Å². The highest BCUT2D eigenvalue weighted by Gasteiger charge is 2.04. The van der Waals surface area contributed by atoms with Gasteiger partial charge in [0.2, 0.25) is 0 Å². The zero-order valence-corrected chi connectivity index (χ0v) is 16.1. The zero-order valence-electron chi connectivity index (χ0n) is 16.1. The van der Waals surface area contributed by atoms with Crippen LogP contribution in [-0.2, 0) is 11.2 Å². The predicted molar refractivity (Wildman–Crippen MR) is 118 cm³/mol. The summed E-state index contributed by atoms with van der Waals surface area (Å²) < 4.78 is 0. The molecule has 144 valence electrons. The second-order valence-electron chi connectivity index (χ2n) is 6.59. The van der Waals surface area contributed by atoms with E-state index in [-0.39, 0.29) is 5.57 Å². The molecule has 0 spiro atoms. The van der Waals surface area contributed by atoms with Crippen LogP contribution in [0.5, 0.6) is 0 Å². The molecule has 4 aromatic rings. The van der Waals surface area contributed by atoms with Gasteiger partial charge in [-0.25, -0.2) is 4.79 Å². The van der Waals surface area contributed by atoms with Gasteiger partial charge in [0, 0.05) is 6.08 Å². The second kappa shape index (κ2) is 9.68. The van der Waals surface area contributed by atoms with Crippen LogP contribution in [0.3, 0.4) is 0 Å². The molecule has 0 heterocycles. The largest absolute Gasteiger partial charge is 0.478 e. The normalized spacial score (nSPS) is 10.5. The molecule has 0 amide bonds. The van der Waals surface area contributed by atoms with E-state index in [0.717, 1.165) is 22.4 Å². The van der Waals surface area contributed by atoms with E-state index in [1.165, 1.54) is 10.8 Å². The first-order valence-corrected chi connectivity index (χ1v) is 9.29. The van der Waals surface area contributed by atoms with Crippen LogP contribution in [0, 0.1) is 22.7 Å². The van der Waals surface area contributed by atoms with Crippen LogP contribution in [0.1, 0.15) is 11.1 Å². The lowest BCUT2D eigenvalue weighted by Gasteiger charge is -2.01. The summed E-state index contributed by atoms with van der Waals surface area (Å²) >= 11 is 0. The van der Waals surface area contributed by atoms with Gasteiger partial charge in [0.1, 0.15) is 6.07 Å². The van der Waals surface area contributed by atoms with E-state index in [1.807, 2.05) is 60.7 Å². The molecule has 0 bridgehead atoms. The number of carboxylic acid groups (broad SMARTS) is 1. The van der Waals surface area contributed by atoms with Gasteiger partial charge in [0.25, 0.3) is 0 Å². The van der Waals surface area contributed by atoms with Crippen LogP contribution < -0.4 is 0 Å². The standard InChI is InChI=1S/C14H9NO2.C12H9N/c15-9-13(8-14(16)17)12-6-5-10-3-1-2-4-11(10)7-12;13-8-7-10-5-6-11-3-1-2-4-12(11)9-10/h1-8H,(H,16,17);1-6,9H,7H2/b13-8+;. The van der Waals surface area contributed by atoms with E-state index in [0.29, 0.717) is 12.0 Å². The molecule has 0 aliphatic rings. The smallest absolute Gasteiger partial charge is 0.329 e. The summed E-state index contributed by atoms with van der Waals surface area (Å²) in [6.07, 6.45) is 1.41. The monoisotopic (exact) mass is 390 g/mol. The Morgan fingerprint density at radius 2 is 1.37 bits per heavy atom. The Labute approximate surface area is 174 Å². The van der Waals surface area contributed by atoms with E-state index < -0.39 is 5.97 Å². The minimum Gasteiger partial charge on any atom is -0.478 e. The highest BCUT2D eigenvalue weighted by atomic mass is 16.4. The molecular weight excluding hydrogens is 372 g/mol. The average molecular weight is 390 g/mol. The van der Waals surface area contributed by atoms with Crippen molar-refractivity contribution in [3.8, 4) is 12.1 Å². The van der Waals surface area contributed by atoms with E-state index in [9.17, 15) is 4.79 Å². The number of carbonyl (C=O) groups is 1. The molecular formula is C26H18N2O2. The van der Waals surface area contributed by atoms with Crippen LogP contribution in [0.15, 0.2) is 91.0 Å². The summed E-state index contributed by atoms with van der Waals surface area (Å²) in [4.78, 5) is 10.6. The molecule has 0 fully saturated rings. The molecule has 0 aliphatic heterocycles. The van der Waals surface area contributed by atoms with Crippen molar-refractivity contribution in [3.05, 3.63) is 102 Å². The first-order valence-electron chi connectivity index (χ1n) is 9.29. The Balaban J connectivity index is 0.000000177. The van der Waals surface area contributed by atoms with Crippen molar-refractivity contribution in [2.75, 3.05) is 0 Å². The molecule has 4 rings (SSSR count). The third-order valence-corrected chi connectivity index (χ3v) is 4.55. The van der Waals surface area contributed by atoms with Crippen LogP contribution in [0.2, 0.25) is 0 Å². The van der Waals surface area contributed by atoms with Crippen molar-refractivity contribution < 1.29 is 9.90 Å². The highest BCUT2D eigenvalue weighted by molar-refractivity contribution is 5.96. The SMILES string of the molecule is N#C/C(=C\C(=O)O)c1ccc2ccccc2c1.N#CCc1ccc2ccccc2c1.